The quantitative estimate of drug-likeness (QED) is 0.633. The molecule has 30 heavy (non-hydrogen) atoms. The highest BCUT2D eigenvalue weighted by molar-refractivity contribution is 5.79. The first-order valence-corrected chi connectivity index (χ1v) is 9.63. The molecule has 0 fully saturated rings. The molecule has 1 aliphatic heterocycles. The van der Waals surface area contributed by atoms with Crippen LogP contribution in [0.5, 0.6) is 0 Å². The van der Waals surface area contributed by atoms with E-state index in [1.807, 2.05) is 29.2 Å². The van der Waals surface area contributed by atoms with Gasteiger partial charge in [-0.3, -0.25) is 23.9 Å². The first-order chi connectivity index (χ1) is 14.5. The molecule has 1 aromatic heterocycles. The average Bonchev–Trinajstić information content (AvgIpc) is 2.75. The number of hydrogen-bond donors (Lipinski definition) is 1. The number of esters is 1. The second-order valence-corrected chi connectivity index (χ2v) is 7.32. The Bertz CT molecular complexity index is 1190. The zero-order valence-corrected chi connectivity index (χ0v) is 16.6. The van der Waals surface area contributed by atoms with Crippen LogP contribution in [0.2, 0.25) is 0 Å². The van der Waals surface area contributed by atoms with Crippen LogP contribution in [0, 0.1) is 0 Å². The number of nitrogens with zero attached hydrogens (tertiary/aromatic N) is 3. The van der Waals surface area contributed by atoms with E-state index in [-0.39, 0.29) is 24.6 Å². The lowest BCUT2D eigenvalue weighted by molar-refractivity contribution is -0.148. The van der Waals surface area contributed by atoms with Gasteiger partial charge in [0.15, 0.2) is 0 Å². The SMILES string of the molecule is COC(=O)[C@@H]1Cc2ccccc2CN1Cc1nc2ccccc2c(=O)n1CC(N)=O. The van der Waals surface area contributed by atoms with E-state index in [0.29, 0.717) is 29.7 Å². The number of ether oxygens (including phenoxy) is 1. The first-order valence-electron chi connectivity index (χ1n) is 9.63. The number of primary amides is 1. The van der Waals surface area contributed by atoms with Crippen LogP contribution in [-0.2, 0) is 40.4 Å². The average molecular weight is 406 g/mol. The molecule has 2 heterocycles. The standard InChI is InChI=1S/C22H22N4O4/c1-30-22(29)18-10-14-6-2-3-7-15(14)11-25(18)13-20-24-17-9-5-4-8-16(17)21(28)26(20)12-19(23)27/h2-9,18H,10-13H2,1H3,(H2,23,27)/t18-/m0/s1. The lowest BCUT2D eigenvalue weighted by atomic mass is 9.94. The van der Waals surface area contributed by atoms with E-state index in [9.17, 15) is 14.4 Å². The van der Waals surface area contributed by atoms with Gasteiger partial charge in [-0.25, -0.2) is 4.98 Å². The van der Waals surface area contributed by atoms with Crippen LogP contribution in [0.1, 0.15) is 17.0 Å². The van der Waals surface area contributed by atoms with Gasteiger partial charge < -0.3 is 10.5 Å². The lowest BCUT2D eigenvalue weighted by Crippen LogP contribution is -2.46. The van der Waals surface area contributed by atoms with Gasteiger partial charge in [0.05, 0.1) is 24.6 Å². The van der Waals surface area contributed by atoms with Crippen molar-refractivity contribution in [1.29, 1.82) is 0 Å². The van der Waals surface area contributed by atoms with E-state index in [1.165, 1.54) is 11.7 Å². The van der Waals surface area contributed by atoms with Gasteiger partial charge in [0.2, 0.25) is 5.91 Å². The third-order valence-electron chi connectivity index (χ3n) is 5.42. The fourth-order valence-electron chi connectivity index (χ4n) is 3.95. The number of rotatable bonds is 5. The predicted molar refractivity (Wildman–Crippen MR) is 110 cm³/mol. The Morgan fingerprint density at radius 3 is 2.57 bits per heavy atom. The van der Waals surface area contributed by atoms with Gasteiger partial charge >= 0.3 is 5.97 Å². The summed E-state index contributed by atoms with van der Waals surface area (Å²) in [5.74, 6) is -0.608. The molecule has 0 spiro atoms. The molecule has 8 nitrogen and oxygen atoms in total. The Kier molecular flexibility index (Phi) is 5.33. The molecule has 0 bridgehead atoms. The van der Waals surface area contributed by atoms with E-state index < -0.39 is 11.9 Å². The van der Waals surface area contributed by atoms with Crippen molar-refractivity contribution in [2.24, 2.45) is 5.73 Å². The van der Waals surface area contributed by atoms with Crippen LogP contribution in [0.15, 0.2) is 53.3 Å². The summed E-state index contributed by atoms with van der Waals surface area (Å²) in [6, 6.07) is 14.3. The smallest absolute Gasteiger partial charge is 0.323 e. The Labute approximate surface area is 172 Å². The first kappa shape index (κ1) is 19.8. The lowest BCUT2D eigenvalue weighted by Gasteiger charge is -2.35. The van der Waals surface area contributed by atoms with Gasteiger partial charge in [-0.15, -0.1) is 0 Å². The van der Waals surface area contributed by atoms with Crippen LogP contribution in [-0.4, -0.2) is 39.5 Å². The minimum absolute atomic E-state index is 0.196. The zero-order valence-electron chi connectivity index (χ0n) is 16.6. The molecule has 0 saturated carbocycles. The summed E-state index contributed by atoms with van der Waals surface area (Å²) < 4.78 is 6.31. The maximum Gasteiger partial charge on any atom is 0.323 e. The highest BCUT2D eigenvalue weighted by atomic mass is 16.5. The minimum atomic E-state index is -0.635. The summed E-state index contributed by atoms with van der Waals surface area (Å²) in [5, 5.41) is 0.413. The van der Waals surface area contributed by atoms with E-state index >= 15 is 0 Å². The second kappa shape index (κ2) is 8.08. The van der Waals surface area contributed by atoms with Gasteiger partial charge in [-0.05, 0) is 29.7 Å². The number of fused-ring (bicyclic) bond motifs is 2. The number of amides is 1. The fourth-order valence-corrected chi connectivity index (χ4v) is 3.95. The van der Waals surface area contributed by atoms with Gasteiger partial charge in [0, 0.05) is 6.54 Å². The maximum atomic E-state index is 13.0. The summed E-state index contributed by atoms with van der Waals surface area (Å²) in [5.41, 5.74) is 7.77. The molecule has 1 aliphatic rings. The van der Waals surface area contributed by atoms with Gasteiger partial charge in [0.1, 0.15) is 18.4 Å². The van der Waals surface area contributed by atoms with Crippen LogP contribution in [0.25, 0.3) is 10.9 Å². The van der Waals surface area contributed by atoms with Crippen LogP contribution in [0.3, 0.4) is 0 Å². The van der Waals surface area contributed by atoms with Crippen molar-refractivity contribution >= 4 is 22.8 Å². The molecule has 1 atom stereocenters. The summed E-state index contributed by atoms with van der Waals surface area (Å²) in [4.78, 5) is 43.7. The molecule has 0 saturated heterocycles. The Morgan fingerprint density at radius 1 is 1.13 bits per heavy atom. The van der Waals surface area contributed by atoms with Gasteiger partial charge in [-0.1, -0.05) is 36.4 Å². The van der Waals surface area contributed by atoms with Crippen molar-refractivity contribution in [2.75, 3.05) is 7.11 Å². The molecular weight excluding hydrogens is 384 g/mol. The molecule has 1 amide bonds. The fraction of sp³-hybridized carbons (Fsp3) is 0.273. The van der Waals surface area contributed by atoms with Crippen LogP contribution in [0.4, 0.5) is 0 Å². The Hall–Kier alpha value is -3.52. The molecule has 8 heteroatoms. The highest BCUT2D eigenvalue weighted by Crippen LogP contribution is 2.25. The number of carbonyl (C=O) groups is 2. The molecule has 4 rings (SSSR count). The van der Waals surface area contributed by atoms with E-state index in [1.54, 1.807) is 24.3 Å². The van der Waals surface area contributed by atoms with Gasteiger partial charge in [-0.2, -0.15) is 0 Å². The number of carbonyl (C=O) groups excluding carboxylic acids is 2. The third-order valence-corrected chi connectivity index (χ3v) is 5.42. The number of benzene rings is 2. The Balaban J connectivity index is 1.79. The predicted octanol–water partition coefficient (Wildman–Crippen LogP) is 0.982. The maximum absolute atomic E-state index is 13.0. The number of aromatic nitrogens is 2. The summed E-state index contributed by atoms with van der Waals surface area (Å²) in [7, 11) is 1.36. The van der Waals surface area contributed by atoms with Crippen LogP contribution >= 0.6 is 0 Å². The molecule has 0 aliphatic carbocycles. The number of hydrogen-bond acceptors (Lipinski definition) is 6. The zero-order chi connectivity index (χ0) is 21.3. The topological polar surface area (TPSA) is 108 Å². The largest absolute Gasteiger partial charge is 0.468 e. The molecule has 154 valence electrons. The van der Waals surface area contributed by atoms with E-state index in [4.69, 9.17) is 10.5 Å². The van der Waals surface area contributed by atoms with Crippen molar-refractivity contribution in [3.05, 3.63) is 75.8 Å². The molecular formula is C22H22N4O4. The van der Waals surface area contributed by atoms with Crippen molar-refractivity contribution < 1.29 is 14.3 Å². The summed E-state index contributed by atoms with van der Waals surface area (Å²) in [6.07, 6.45) is 0.497. The monoisotopic (exact) mass is 406 g/mol. The van der Waals surface area contributed by atoms with Gasteiger partial charge in [0.25, 0.3) is 5.56 Å². The summed E-state index contributed by atoms with van der Waals surface area (Å²) in [6.45, 7) is 0.413. The molecule has 0 radical (unpaired) electrons. The molecule has 2 N–H and O–H groups in total. The normalized spacial score (nSPS) is 16.2. The Morgan fingerprint density at radius 2 is 1.83 bits per heavy atom. The third kappa shape index (κ3) is 3.69. The number of para-hydroxylation sites is 1. The number of nitrogens with two attached hydrogens (primary N) is 1. The van der Waals surface area contributed by atoms with E-state index in [0.717, 1.165) is 11.1 Å². The second-order valence-electron chi connectivity index (χ2n) is 7.32. The van der Waals surface area contributed by atoms with Crippen molar-refractivity contribution in [2.45, 2.75) is 32.1 Å². The van der Waals surface area contributed by atoms with Crippen molar-refractivity contribution in [1.82, 2.24) is 14.5 Å². The molecule has 0 unspecified atom stereocenters. The number of methoxy groups -OCH3 is 1. The minimum Gasteiger partial charge on any atom is -0.468 e. The van der Waals surface area contributed by atoms with E-state index in [2.05, 4.69) is 4.98 Å². The summed E-state index contributed by atoms with van der Waals surface area (Å²) >= 11 is 0. The van der Waals surface area contributed by atoms with Crippen molar-refractivity contribution in [3.8, 4) is 0 Å². The molecule has 2 aromatic carbocycles. The highest BCUT2D eigenvalue weighted by Gasteiger charge is 2.33. The molecule has 3 aromatic rings. The van der Waals surface area contributed by atoms with Crippen LogP contribution < -0.4 is 11.3 Å². The van der Waals surface area contributed by atoms with Crippen molar-refractivity contribution in [3.63, 3.8) is 0 Å².